The Kier molecular flexibility index (Phi) is 5.17. The van der Waals surface area contributed by atoms with E-state index in [0.717, 1.165) is 19.1 Å². The van der Waals surface area contributed by atoms with E-state index in [1.165, 1.54) is 4.68 Å². The van der Waals surface area contributed by atoms with Crippen molar-refractivity contribution in [2.45, 2.75) is 6.92 Å². The largest absolute Gasteiger partial charge is 0.299 e. The normalized spacial score (nSPS) is 11.3. The van der Waals surface area contributed by atoms with Crippen LogP contribution in [-0.4, -0.2) is 9.78 Å². The number of nitrogens with one attached hydrogen (secondary N) is 1. The maximum Gasteiger partial charge on any atom is 0.299 e. The number of hydrogen-bond donors (Lipinski definition) is 1. The van der Waals surface area contributed by atoms with Gasteiger partial charge in [0.2, 0.25) is 0 Å². The van der Waals surface area contributed by atoms with Crippen molar-refractivity contribution in [3.8, 4) is 5.69 Å². The first-order chi connectivity index (χ1) is 11.5. The first-order valence-electron chi connectivity index (χ1n) is 6.90. The van der Waals surface area contributed by atoms with E-state index in [9.17, 15) is 4.79 Å². The Morgan fingerprint density at radius 2 is 1.54 bits per heavy atom. The van der Waals surface area contributed by atoms with Crippen LogP contribution in [-0.2, 0) is 0 Å². The topological polar surface area (TPSA) is 62.5 Å². The van der Waals surface area contributed by atoms with Crippen LogP contribution in [0.1, 0.15) is 5.69 Å². The number of rotatable bonds is 3. The molecular weight excluding hydrogens is 504 g/mol. The fraction of sp³-hybridized carbons (Fsp3) is 0.0625. The van der Waals surface area contributed by atoms with Crippen LogP contribution in [0, 0.1) is 6.92 Å². The average Bonchev–Trinajstić information content (AvgIpc) is 2.82. The highest BCUT2D eigenvalue weighted by Gasteiger charge is 2.13. The molecule has 1 heterocycles. The van der Waals surface area contributed by atoms with Crippen molar-refractivity contribution in [3.63, 3.8) is 0 Å². The van der Waals surface area contributed by atoms with Gasteiger partial charge in [0.1, 0.15) is 5.69 Å². The Morgan fingerprint density at radius 1 is 0.958 bits per heavy atom. The first-order valence-corrected chi connectivity index (χ1v) is 9.28. The van der Waals surface area contributed by atoms with E-state index in [0.29, 0.717) is 11.4 Å². The molecule has 0 aliphatic rings. The highest BCUT2D eigenvalue weighted by atomic mass is 79.9. The molecule has 0 amide bonds. The summed E-state index contributed by atoms with van der Waals surface area (Å²) in [4.78, 5) is 12.6. The minimum Gasteiger partial charge on any atom is -0.293 e. The molecule has 0 spiro atoms. The van der Waals surface area contributed by atoms with Crippen LogP contribution >= 0.6 is 47.8 Å². The van der Waals surface area contributed by atoms with Crippen molar-refractivity contribution in [2.75, 3.05) is 0 Å². The number of halogens is 3. The Morgan fingerprint density at radius 3 is 2.17 bits per heavy atom. The van der Waals surface area contributed by atoms with Gasteiger partial charge in [-0.2, -0.15) is 0 Å². The Hall–Kier alpha value is -1.51. The third-order valence-electron chi connectivity index (χ3n) is 3.29. The molecule has 1 N–H and O–H groups in total. The fourth-order valence-corrected chi connectivity index (χ4v) is 4.56. The summed E-state index contributed by atoms with van der Waals surface area (Å²) < 4.78 is 3.90. The SMILES string of the molecule is Cc1[nH]n(-c2ccccc2)c(=O)c1N=Nc1c(Br)cc(Br)cc1Br. The number of aryl methyl sites for hydroxylation is 1. The van der Waals surface area contributed by atoms with E-state index in [2.05, 4.69) is 63.1 Å². The van der Waals surface area contributed by atoms with Gasteiger partial charge in [-0.25, -0.2) is 4.68 Å². The van der Waals surface area contributed by atoms with Crippen LogP contribution in [0.15, 0.2) is 70.9 Å². The number of hydrogen-bond acceptors (Lipinski definition) is 3. The van der Waals surface area contributed by atoms with Crippen LogP contribution in [0.3, 0.4) is 0 Å². The van der Waals surface area contributed by atoms with Crippen molar-refractivity contribution >= 4 is 59.2 Å². The number of azo groups is 1. The summed E-state index contributed by atoms with van der Waals surface area (Å²) in [5.41, 5.74) is 2.05. The minimum absolute atomic E-state index is 0.244. The molecule has 0 atom stereocenters. The summed E-state index contributed by atoms with van der Waals surface area (Å²) in [6.07, 6.45) is 0. The van der Waals surface area contributed by atoms with Crippen LogP contribution < -0.4 is 5.56 Å². The molecule has 1 aromatic heterocycles. The molecule has 0 bridgehead atoms. The summed E-state index contributed by atoms with van der Waals surface area (Å²) in [5.74, 6) is 0. The molecule has 3 rings (SSSR count). The lowest BCUT2D eigenvalue weighted by molar-refractivity contribution is 0.835. The Balaban J connectivity index is 2.03. The standard InChI is InChI=1S/C16H11Br3N4O/c1-9-14(16(24)23(22-9)11-5-3-2-4-6-11)20-21-15-12(18)7-10(17)8-13(15)19/h2-8,22H,1H3. The summed E-state index contributed by atoms with van der Waals surface area (Å²) >= 11 is 10.3. The van der Waals surface area contributed by atoms with Crippen LogP contribution in [0.4, 0.5) is 11.4 Å². The van der Waals surface area contributed by atoms with Gasteiger partial charge in [-0.15, -0.1) is 10.2 Å². The minimum atomic E-state index is -0.244. The smallest absolute Gasteiger partial charge is 0.293 e. The van der Waals surface area contributed by atoms with E-state index in [1.54, 1.807) is 6.92 Å². The number of H-pyrrole nitrogens is 1. The number of nitrogens with zero attached hydrogens (tertiary/aromatic N) is 3. The number of aromatic nitrogens is 2. The predicted octanol–water partition coefficient (Wildman–Crippen LogP) is 6.18. The zero-order valence-electron chi connectivity index (χ0n) is 12.4. The predicted molar refractivity (Wildman–Crippen MR) is 105 cm³/mol. The van der Waals surface area contributed by atoms with Crippen molar-refractivity contribution < 1.29 is 0 Å². The number of benzene rings is 2. The van der Waals surface area contributed by atoms with Gasteiger partial charge >= 0.3 is 0 Å². The molecule has 0 fully saturated rings. The van der Waals surface area contributed by atoms with Crippen molar-refractivity contribution in [1.29, 1.82) is 0 Å². The third-order valence-corrected chi connectivity index (χ3v) is 4.95. The summed E-state index contributed by atoms with van der Waals surface area (Å²) in [5, 5.41) is 11.4. The maximum absolute atomic E-state index is 12.6. The summed E-state index contributed by atoms with van der Waals surface area (Å²) in [6, 6.07) is 13.1. The zero-order valence-corrected chi connectivity index (χ0v) is 17.2. The number of para-hydroxylation sites is 1. The van der Waals surface area contributed by atoms with Gasteiger partial charge in [0.15, 0.2) is 5.69 Å². The lowest BCUT2D eigenvalue weighted by Crippen LogP contribution is -2.13. The summed E-state index contributed by atoms with van der Waals surface area (Å²) in [6.45, 7) is 1.79. The molecule has 3 aromatic rings. The quantitative estimate of drug-likeness (QED) is 0.417. The van der Waals surface area contributed by atoms with Gasteiger partial charge in [0.05, 0.1) is 11.4 Å². The second-order valence-corrected chi connectivity index (χ2v) is 7.60. The Bertz CT molecular complexity index is 954. The molecule has 0 aliphatic carbocycles. The fourth-order valence-electron chi connectivity index (χ4n) is 2.14. The van der Waals surface area contributed by atoms with Gasteiger partial charge in [0, 0.05) is 13.4 Å². The molecule has 8 heteroatoms. The van der Waals surface area contributed by atoms with E-state index < -0.39 is 0 Å². The van der Waals surface area contributed by atoms with Gasteiger partial charge in [-0.1, -0.05) is 34.1 Å². The monoisotopic (exact) mass is 512 g/mol. The second-order valence-electron chi connectivity index (χ2n) is 4.98. The first kappa shape index (κ1) is 17.3. The average molecular weight is 515 g/mol. The van der Waals surface area contributed by atoms with E-state index in [-0.39, 0.29) is 11.2 Å². The zero-order chi connectivity index (χ0) is 17.3. The van der Waals surface area contributed by atoms with Crippen LogP contribution in [0.2, 0.25) is 0 Å². The highest BCUT2D eigenvalue weighted by Crippen LogP contribution is 2.37. The highest BCUT2D eigenvalue weighted by molar-refractivity contribution is 9.11. The van der Waals surface area contributed by atoms with Crippen LogP contribution in [0.5, 0.6) is 0 Å². The van der Waals surface area contributed by atoms with Gasteiger partial charge in [-0.05, 0) is 63.0 Å². The molecule has 0 radical (unpaired) electrons. The molecule has 0 saturated heterocycles. The van der Waals surface area contributed by atoms with Crippen molar-refractivity contribution in [2.24, 2.45) is 10.2 Å². The molecule has 122 valence electrons. The molecule has 2 aromatic carbocycles. The molecule has 24 heavy (non-hydrogen) atoms. The maximum atomic E-state index is 12.6. The summed E-state index contributed by atoms with van der Waals surface area (Å²) in [7, 11) is 0. The van der Waals surface area contributed by atoms with E-state index >= 15 is 0 Å². The molecule has 5 nitrogen and oxygen atoms in total. The molecule has 0 saturated carbocycles. The lowest BCUT2D eigenvalue weighted by atomic mass is 10.3. The molecule has 0 aliphatic heterocycles. The Labute approximate surface area is 163 Å². The van der Waals surface area contributed by atoms with Crippen molar-refractivity contribution in [3.05, 3.63) is 71.9 Å². The van der Waals surface area contributed by atoms with Gasteiger partial charge in [0.25, 0.3) is 5.56 Å². The number of aromatic amines is 1. The van der Waals surface area contributed by atoms with Gasteiger partial charge < -0.3 is 0 Å². The molecule has 0 unspecified atom stereocenters. The second kappa shape index (κ2) is 7.16. The van der Waals surface area contributed by atoms with E-state index in [1.807, 2.05) is 42.5 Å². The lowest BCUT2D eigenvalue weighted by Gasteiger charge is -2.01. The third kappa shape index (κ3) is 3.45. The van der Waals surface area contributed by atoms with Gasteiger partial charge in [-0.3, -0.25) is 9.89 Å². The van der Waals surface area contributed by atoms with Crippen molar-refractivity contribution in [1.82, 2.24) is 9.78 Å². The molecular formula is C16H11Br3N4O. The van der Waals surface area contributed by atoms with Crippen LogP contribution in [0.25, 0.3) is 5.69 Å². The van der Waals surface area contributed by atoms with E-state index in [4.69, 9.17) is 0 Å².